The molecule has 7 nitrogen and oxygen atoms in total. The number of likely N-dealkylation sites (tertiary alicyclic amines) is 1. The smallest absolute Gasteiger partial charge is 0.416 e. The molecule has 1 heterocycles. The molecule has 3 aromatic carbocycles. The van der Waals surface area contributed by atoms with Crippen molar-refractivity contribution in [3.8, 4) is 0 Å². The van der Waals surface area contributed by atoms with E-state index in [1.54, 1.807) is 0 Å². The molecule has 1 saturated heterocycles. The van der Waals surface area contributed by atoms with Crippen molar-refractivity contribution < 1.29 is 37.1 Å². The second-order valence-electron chi connectivity index (χ2n) is 11.7. The van der Waals surface area contributed by atoms with Gasteiger partial charge in [0.2, 0.25) is 11.8 Å². The molecule has 0 saturated carbocycles. The number of ether oxygens (including phenoxy) is 1. The number of hydrogen-bond donors (Lipinski definition) is 1. The number of rotatable bonds is 7. The lowest BCUT2D eigenvalue weighted by Gasteiger charge is -2.45. The summed E-state index contributed by atoms with van der Waals surface area (Å²) in [6.07, 6.45) is -4.47. The van der Waals surface area contributed by atoms with E-state index in [1.165, 1.54) is 6.07 Å². The van der Waals surface area contributed by atoms with Gasteiger partial charge in [-0.05, 0) is 52.8 Å². The van der Waals surface area contributed by atoms with Crippen LogP contribution in [0, 0.1) is 17.8 Å². The van der Waals surface area contributed by atoms with E-state index >= 15 is 0 Å². The lowest BCUT2D eigenvalue weighted by molar-refractivity contribution is -0.160. The van der Waals surface area contributed by atoms with Crippen molar-refractivity contribution in [2.75, 3.05) is 11.9 Å². The number of nitrogens with zero attached hydrogens (tertiary/aromatic N) is 1. The molecule has 1 N–H and O–H groups in total. The number of nitrogens with one attached hydrogen (secondary N) is 1. The predicted octanol–water partition coefficient (Wildman–Crippen LogP) is 5.49. The second kappa shape index (κ2) is 10.7. The maximum atomic E-state index is 14.1. The molecule has 0 unspecified atom stereocenters. The van der Waals surface area contributed by atoms with Gasteiger partial charge in [-0.1, -0.05) is 68.4 Å². The number of amides is 3. The molecule has 7 rings (SSSR count). The van der Waals surface area contributed by atoms with Gasteiger partial charge >= 0.3 is 12.1 Å². The summed E-state index contributed by atoms with van der Waals surface area (Å²) in [6.45, 7) is 2.89. The van der Waals surface area contributed by atoms with E-state index in [1.807, 2.05) is 62.4 Å². The Bertz CT molecular complexity index is 1520. The fraction of sp³-hybridized carbons (Fsp3) is 0.333. The van der Waals surface area contributed by atoms with Crippen LogP contribution in [0.3, 0.4) is 0 Å². The Morgan fingerprint density at radius 3 is 1.81 bits per heavy atom. The molecule has 10 heteroatoms. The quantitative estimate of drug-likeness (QED) is 0.290. The lowest BCUT2D eigenvalue weighted by Crippen LogP contribution is -2.47. The molecule has 3 aliphatic carbocycles. The number of benzene rings is 3. The van der Waals surface area contributed by atoms with Gasteiger partial charge in [0, 0.05) is 17.5 Å². The number of carbonyl (C=O) groups excluding carboxylic acids is 4. The molecule has 0 spiro atoms. The lowest BCUT2D eigenvalue weighted by atomic mass is 9.55. The van der Waals surface area contributed by atoms with Crippen LogP contribution in [0.25, 0.3) is 0 Å². The number of alkyl halides is 3. The summed E-state index contributed by atoms with van der Waals surface area (Å²) in [4.78, 5) is 55.2. The highest BCUT2D eigenvalue weighted by Crippen LogP contribution is 2.61. The van der Waals surface area contributed by atoms with Crippen molar-refractivity contribution in [2.45, 2.75) is 44.3 Å². The van der Waals surface area contributed by atoms with Crippen molar-refractivity contribution in [2.24, 2.45) is 17.8 Å². The SMILES string of the molecule is CC(C)C[C@H](C(=O)OCC(=O)Nc1cccc(C(F)(F)F)c1)N1C(=O)[C@@H]2C3c4ccccc4C(c4ccccc43)[C@@H]2C1=O. The van der Waals surface area contributed by atoms with E-state index in [-0.39, 0.29) is 29.9 Å². The number of imide groups is 1. The molecular formula is C33H29F3N2O5. The van der Waals surface area contributed by atoms with Crippen LogP contribution in [0.2, 0.25) is 0 Å². The molecule has 0 radical (unpaired) electrons. The van der Waals surface area contributed by atoms with Crippen LogP contribution in [0.15, 0.2) is 72.8 Å². The Morgan fingerprint density at radius 1 is 0.837 bits per heavy atom. The monoisotopic (exact) mass is 590 g/mol. The van der Waals surface area contributed by atoms with Gasteiger partial charge in [0.15, 0.2) is 6.61 Å². The minimum atomic E-state index is -4.59. The van der Waals surface area contributed by atoms with Crippen molar-refractivity contribution in [1.82, 2.24) is 4.90 Å². The maximum absolute atomic E-state index is 14.1. The summed E-state index contributed by atoms with van der Waals surface area (Å²) in [5, 5.41) is 2.29. The van der Waals surface area contributed by atoms with Crippen LogP contribution < -0.4 is 5.32 Å². The summed E-state index contributed by atoms with van der Waals surface area (Å²) in [6, 6.07) is 18.4. The van der Waals surface area contributed by atoms with Crippen LogP contribution in [0.1, 0.15) is 59.9 Å². The minimum Gasteiger partial charge on any atom is -0.454 e. The van der Waals surface area contributed by atoms with Gasteiger partial charge in [-0.2, -0.15) is 13.2 Å². The molecule has 3 aromatic rings. The highest BCUT2D eigenvalue weighted by Gasteiger charge is 2.63. The van der Waals surface area contributed by atoms with Gasteiger partial charge < -0.3 is 10.1 Å². The molecule has 3 atom stereocenters. The number of carbonyl (C=O) groups is 4. The van der Waals surface area contributed by atoms with Gasteiger partial charge in [0.1, 0.15) is 6.04 Å². The average molecular weight is 591 g/mol. The highest BCUT2D eigenvalue weighted by atomic mass is 19.4. The molecular weight excluding hydrogens is 561 g/mol. The second-order valence-corrected chi connectivity index (χ2v) is 11.7. The molecule has 222 valence electrons. The summed E-state index contributed by atoms with van der Waals surface area (Å²) < 4.78 is 44.4. The predicted molar refractivity (Wildman–Crippen MR) is 150 cm³/mol. The summed E-state index contributed by atoms with van der Waals surface area (Å²) in [5.74, 6) is -4.78. The number of hydrogen-bond acceptors (Lipinski definition) is 5. The van der Waals surface area contributed by atoms with E-state index in [0.29, 0.717) is 0 Å². The first-order valence-electron chi connectivity index (χ1n) is 14.2. The van der Waals surface area contributed by atoms with E-state index in [2.05, 4.69) is 5.32 Å². The first-order chi connectivity index (χ1) is 20.5. The van der Waals surface area contributed by atoms with Crippen molar-refractivity contribution in [3.63, 3.8) is 0 Å². The Morgan fingerprint density at radius 2 is 1.35 bits per heavy atom. The average Bonchev–Trinajstić information content (AvgIpc) is 3.24. The first kappa shape index (κ1) is 28.6. The summed E-state index contributed by atoms with van der Waals surface area (Å²) in [7, 11) is 0. The van der Waals surface area contributed by atoms with Crippen molar-refractivity contribution in [1.29, 1.82) is 0 Å². The summed E-state index contributed by atoms with van der Waals surface area (Å²) >= 11 is 0. The van der Waals surface area contributed by atoms with Crippen molar-refractivity contribution in [3.05, 3.63) is 101 Å². The van der Waals surface area contributed by atoms with Gasteiger partial charge in [0.25, 0.3) is 5.91 Å². The molecule has 2 bridgehead atoms. The zero-order chi connectivity index (χ0) is 30.6. The standard InChI is InChI=1S/C33H29F3N2O5/c1-17(2)14-24(32(42)43-16-25(39)37-19-9-7-8-18(15-19)33(34,35)36)38-30(40)28-26-20-10-3-4-11-21(20)27(29(28)31(38)41)23-13-6-5-12-22(23)26/h3-13,15,17,24,26-29H,14,16H2,1-2H3,(H,37,39)/t24-,26?,27?,28-,29+/m1/s1. The Kier molecular flexibility index (Phi) is 7.10. The fourth-order valence-corrected chi connectivity index (χ4v) is 6.96. The largest absolute Gasteiger partial charge is 0.454 e. The Labute approximate surface area is 246 Å². The Hall–Kier alpha value is -4.47. The van der Waals surface area contributed by atoms with Crippen LogP contribution in [0.4, 0.5) is 18.9 Å². The number of halogens is 3. The minimum absolute atomic E-state index is 0.106. The van der Waals surface area contributed by atoms with Gasteiger partial charge in [-0.3, -0.25) is 19.3 Å². The molecule has 1 aliphatic heterocycles. The molecule has 43 heavy (non-hydrogen) atoms. The van der Waals surface area contributed by atoms with Crippen LogP contribution in [0.5, 0.6) is 0 Å². The van der Waals surface area contributed by atoms with Gasteiger partial charge in [0.05, 0.1) is 17.4 Å². The normalized spacial score (nSPS) is 22.6. The van der Waals surface area contributed by atoms with Crippen LogP contribution in [-0.4, -0.2) is 41.2 Å². The topological polar surface area (TPSA) is 92.8 Å². The van der Waals surface area contributed by atoms with Crippen molar-refractivity contribution >= 4 is 29.4 Å². The van der Waals surface area contributed by atoms with E-state index in [9.17, 15) is 32.3 Å². The van der Waals surface area contributed by atoms with Gasteiger partial charge in [-0.25, -0.2) is 4.79 Å². The zero-order valence-corrected chi connectivity index (χ0v) is 23.4. The molecule has 3 amide bonds. The molecule has 0 aromatic heterocycles. The third-order valence-electron chi connectivity index (χ3n) is 8.58. The highest BCUT2D eigenvalue weighted by molar-refractivity contribution is 6.10. The maximum Gasteiger partial charge on any atom is 0.416 e. The third-order valence-corrected chi connectivity index (χ3v) is 8.58. The van der Waals surface area contributed by atoms with Crippen LogP contribution >= 0.6 is 0 Å². The van der Waals surface area contributed by atoms with E-state index in [4.69, 9.17) is 4.74 Å². The fourth-order valence-electron chi connectivity index (χ4n) is 6.96. The Balaban J connectivity index is 1.24. The first-order valence-corrected chi connectivity index (χ1v) is 14.2. The van der Waals surface area contributed by atoms with Crippen LogP contribution in [-0.2, 0) is 30.1 Å². The van der Waals surface area contributed by atoms with Gasteiger partial charge in [-0.15, -0.1) is 0 Å². The summed E-state index contributed by atoms with van der Waals surface area (Å²) in [5.41, 5.74) is 2.96. The van der Waals surface area contributed by atoms with E-state index in [0.717, 1.165) is 45.4 Å². The number of anilines is 1. The molecule has 1 fully saturated rings. The molecule has 4 aliphatic rings. The number of esters is 1. The third kappa shape index (κ3) is 4.88. The van der Waals surface area contributed by atoms with E-state index < -0.39 is 59.9 Å². The zero-order valence-electron chi connectivity index (χ0n) is 23.4.